The van der Waals surface area contributed by atoms with Gasteiger partial charge in [0.05, 0.1) is 6.61 Å². The predicted molar refractivity (Wildman–Crippen MR) is 123 cm³/mol. The molecule has 3 aromatic rings. The summed E-state index contributed by atoms with van der Waals surface area (Å²) in [6.07, 6.45) is 0.897. The summed E-state index contributed by atoms with van der Waals surface area (Å²) in [4.78, 5) is 36.9. The summed E-state index contributed by atoms with van der Waals surface area (Å²) >= 11 is 0. The van der Waals surface area contributed by atoms with Crippen LogP contribution < -0.4 is 20.9 Å². The van der Waals surface area contributed by atoms with Gasteiger partial charge in [-0.05, 0) is 73.5 Å². The van der Waals surface area contributed by atoms with Crippen molar-refractivity contribution in [2.45, 2.75) is 20.3 Å². The molecule has 7 heteroatoms. The molecule has 0 aliphatic rings. The largest absolute Gasteiger partial charge is 0.494 e. The summed E-state index contributed by atoms with van der Waals surface area (Å²) in [5.74, 6) is -0.457. The van der Waals surface area contributed by atoms with Crippen molar-refractivity contribution in [3.63, 3.8) is 0 Å². The van der Waals surface area contributed by atoms with Gasteiger partial charge in [-0.1, -0.05) is 25.1 Å². The van der Waals surface area contributed by atoms with E-state index in [1.165, 1.54) is 0 Å². The summed E-state index contributed by atoms with van der Waals surface area (Å²) in [5, 5.41) is 2.80. The molecule has 3 rings (SSSR count). The first-order valence-corrected chi connectivity index (χ1v) is 10.3. The zero-order valence-electron chi connectivity index (χ0n) is 18.0. The van der Waals surface area contributed by atoms with Gasteiger partial charge >= 0.3 is 0 Å². The highest BCUT2D eigenvalue weighted by Gasteiger charge is 2.11. The number of hydrogen-bond acceptors (Lipinski definition) is 4. The number of rotatable bonds is 7. The van der Waals surface area contributed by atoms with Gasteiger partial charge < -0.3 is 10.1 Å². The Morgan fingerprint density at radius 1 is 0.750 bits per heavy atom. The number of carbonyl (C=O) groups is 3. The molecule has 0 aliphatic carbocycles. The summed E-state index contributed by atoms with van der Waals surface area (Å²) in [7, 11) is 0. The van der Waals surface area contributed by atoms with Crippen LogP contribution in [0.1, 0.15) is 50.0 Å². The van der Waals surface area contributed by atoms with Crippen LogP contribution >= 0.6 is 0 Å². The fourth-order valence-electron chi connectivity index (χ4n) is 2.91. The Labute approximate surface area is 186 Å². The molecule has 164 valence electrons. The van der Waals surface area contributed by atoms with Crippen LogP contribution in [-0.2, 0) is 0 Å². The Bertz CT molecular complexity index is 1090. The van der Waals surface area contributed by atoms with Gasteiger partial charge in [-0.15, -0.1) is 0 Å². The molecule has 32 heavy (non-hydrogen) atoms. The van der Waals surface area contributed by atoms with Crippen molar-refractivity contribution in [1.82, 2.24) is 10.9 Å². The number of nitrogens with one attached hydrogen (secondary N) is 3. The molecule has 3 N–H and O–H groups in total. The fourth-order valence-corrected chi connectivity index (χ4v) is 2.91. The molecular weight excluding hydrogens is 406 g/mol. The van der Waals surface area contributed by atoms with Crippen LogP contribution in [0.5, 0.6) is 5.75 Å². The van der Waals surface area contributed by atoms with Gasteiger partial charge in [0.15, 0.2) is 0 Å². The van der Waals surface area contributed by atoms with Gasteiger partial charge in [0.25, 0.3) is 17.7 Å². The zero-order valence-corrected chi connectivity index (χ0v) is 18.0. The quantitative estimate of drug-likeness (QED) is 0.491. The lowest BCUT2D eigenvalue weighted by atomic mass is 10.1. The van der Waals surface area contributed by atoms with Gasteiger partial charge in [0, 0.05) is 22.4 Å². The molecule has 0 radical (unpaired) electrons. The molecule has 0 saturated carbocycles. The highest BCUT2D eigenvalue weighted by atomic mass is 16.5. The van der Waals surface area contributed by atoms with Crippen molar-refractivity contribution in [2.24, 2.45) is 0 Å². The van der Waals surface area contributed by atoms with Crippen molar-refractivity contribution < 1.29 is 19.1 Å². The second-order valence-corrected chi connectivity index (χ2v) is 7.13. The van der Waals surface area contributed by atoms with Crippen molar-refractivity contribution in [2.75, 3.05) is 11.9 Å². The van der Waals surface area contributed by atoms with E-state index >= 15 is 0 Å². The molecule has 3 aromatic carbocycles. The molecule has 0 heterocycles. The van der Waals surface area contributed by atoms with Crippen molar-refractivity contribution in [3.8, 4) is 5.75 Å². The van der Waals surface area contributed by atoms with Crippen LogP contribution in [0.25, 0.3) is 0 Å². The molecule has 0 aliphatic heterocycles. The molecule has 0 aromatic heterocycles. The second-order valence-electron chi connectivity index (χ2n) is 7.13. The molecule has 7 nitrogen and oxygen atoms in total. The molecule has 3 amide bonds. The van der Waals surface area contributed by atoms with E-state index in [-0.39, 0.29) is 5.91 Å². The molecular formula is C25H25N3O4. The third-order valence-corrected chi connectivity index (χ3v) is 4.67. The maximum Gasteiger partial charge on any atom is 0.269 e. The first kappa shape index (κ1) is 22.6. The second kappa shape index (κ2) is 10.8. The van der Waals surface area contributed by atoms with Gasteiger partial charge in [-0.3, -0.25) is 25.2 Å². The van der Waals surface area contributed by atoms with Gasteiger partial charge in [-0.2, -0.15) is 0 Å². The van der Waals surface area contributed by atoms with Crippen LogP contribution in [0, 0.1) is 6.92 Å². The number of ether oxygens (including phenoxy) is 1. The molecule has 0 spiro atoms. The average Bonchev–Trinajstić information content (AvgIpc) is 2.82. The Hall–Kier alpha value is -4.13. The van der Waals surface area contributed by atoms with Crippen LogP contribution in [0.15, 0.2) is 72.8 Å². The summed E-state index contributed by atoms with van der Waals surface area (Å²) in [6, 6.07) is 20.3. The smallest absolute Gasteiger partial charge is 0.269 e. The van der Waals surface area contributed by atoms with E-state index in [0.717, 1.165) is 12.0 Å². The van der Waals surface area contributed by atoms with Crippen molar-refractivity contribution in [1.29, 1.82) is 0 Å². The first-order valence-electron chi connectivity index (χ1n) is 10.3. The number of aryl methyl sites for hydroxylation is 1. The Morgan fingerprint density at radius 3 is 1.88 bits per heavy atom. The van der Waals surface area contributed by atoms with Crippen LogP contribution in [0.4, 0.5) is 5.69 Å². The monoisotopic (exact) mass is 431 g/mol. The maximum absolute atomic E-state index is 12.4. The lowest BCUT2D eigenvalue weighted by molar-refractivity contribution is 0.0846. The van der Waals surface area contributed by atoms with Gasteiger partial charge in [0.2, 0.25) is 0 Å². The van der Waals surface area contributed by atoms with E-state index in [1.807, 2.05) is 26.0 Å². The topological polar surface area (TPSA) is 96.5 Å². The predicted octanol–water partition coefficient (Wildman–Crippen LogP) is 4.11. The van der Waals surface area contributed by atoms with Crippen molar-refractivity contribution >= 4 is 23.4 Å². The number of hydrazine groups is 1. The highest BCUT2D eigenvalue weighted by Crippen LogP contribution is 2.14. The van der Waals surface area contributed by atoms with E-state index in [0.29, 0.717) is 34.7 Å². The first-order chi connectivity index (χ1) is 15.5. The zero-order chi connectivity index (χ0) is 22.9. The number of benzene rings is 3. The van der Waals surface area contributed by atoms with E-state index in [2.05, 4.69) is 16.2 Å². The van der Waals surface area contributed by atoms with Gasteiger partial charge in [-0.25, -0.2) is 0 Å². The minimum Gasteiger partial charge on any atom is -0.494 e. The van der Waals surface area contributed by atoms with E-state index < -0.39 is 11.8 Å². The Morgan fingerprint density at radius 2 is 1.31 bits per heavy atom. The maximum atomic E-state index is 12.4. The molecule has 0 fully saturated rings. The lowest BCUT2D eigenvalue weighted by Gasteiger charge is -2.10. The van der Waals surface area contributed by atoms with Gasteiger partial charge in [0.1, 0.15) is 5.75 Å². The molecule has 0 saturated heterocycles. The fraction of sp³-hybridized carbons (Fsp3) is 0.160. The summed E-state index contributed by atoms with van der Waals surface area (Å²) in [6.45, 7) is 4.49. The lowest BCUT2D eigenvalue weighted by Crippen LogP contribution is -2.41. The number of carbonyl (C=O) groups excluding carboxylic acids is 3. The minimum absolute atomic E-state index is 0.223. The number of anilines is 1. The SMILES string of the molecule is CCCOc1ccc(C(=O)NNC(=O)c2ccc(NC(=O)c3ccccc3C)cc2)cc1. The van der Waals surface area contributed by atoms with E-state index in [1.54, 1.807) is 60.7 Å². The van der Waals surface area contributed by atoms with Crippen LogP contribution in [0.2, 0.25) is 0 Å². The third-order valence-electron chi connectivity index (χ3n) is 4.67. The van der Waals surface area contributed by atoms with Crippen LogP contribution in [-0.4, -0.2) is 24.3 Å². The standard InChI is InChI=1S/C25H25N3O4/c1-3-16-32-21-14-10-19(11-15-21)24(30)28-27-23(29)18-8-12-20(13-9-18)26-25(31)22-7-5-4-6-17(22)2/h4-15H,3,16H2,1-2H3,(H,26,31)(H,27,29)(H,28,30). The Kier molecular flexibility index (Phi) is 7.59. The summed E-state index contributed by atoms with van der Waals surface area (Å²) in [5.41, 5.74) is 7.52. The summed E-state index contributed by atoms with van der Waals surface area (Å²) < 4.78 is 5.48. The van der Waals surface area contributed by atoms with E-state index in [9.17, 15) is 14.4 Å². The third kappa shape index (κ3) is 5.95. The van der Waals surface area contributed by atoms with E-state index in [4.69, 9.17) is 4.74 Å². The molecule has 0 atom stereocenters. The van der Waals surface area contributed by atoms with Crippen LogP contribution in [0.3, 0.4) is 0 Å². The molecule has 0 bridgehead atoms. The normalized spacial score (nSPS) is 10.2. The average molecular weight is 431 g/mol. The minimum atomic E-state index is -0.474. The molecule has 0 unspecified atom stereocenters. The Balaban J connectivity index is 1.52. The van der Waals surface area contributed by atoms with Crippen molar-refractivity contribution in [3.05, 3.63) is 95.1 Å². The highest BCUT2D eigenvalue weighted by molar-refractivity contribution is 6.05. The number of hydrogen-bond donors (Lipinski definition) is 3. The number of amides is 3.